The number of thioether (sulfide) groups is 3. The molecule has 0 radical (unpaired) electrons. The van der Waals surface area contributed by atoms with E-state index in [1.165, 1.54) is 113 Å². The second-order valence-corrected chi connectivity index (χ2v) is 40.1. The van der Waals surface area contributed by atoms with Crippen LogP contribution in [0.4, 0.5) is 0 Å². The number of aliphatic hydroxyl groups excluding tert-OH is 2. The van der Waals surface area contributed by atoms with Crippen LogP contribution in [0, 0.1) is 47.3 Å². The van der Waals surface area contributed by atoms with Crippen LogP contribution >= 0.6 is 35.3 Å². The number of fused-ring (bicyclic) bond motifs is 1. The Balaban J connectivity index is 1.91. The lowest BCUT2D eigenvalue weighted by molar-refractivity contribution is -0.141. The number of guanidine groups is 1. The van der Waals surface area contributed by atoms with E-state index in [1.54, 1.807) is 20.1 Å². The molecule has 0 aliphatic carbocycles. The molecule has 764 valence electrons. The highest BCUT2D eigenvalue weighted by Gasteiger charge is 2.44. The normalized spacial score (nSPS) is 16.9. The summed E-state index contributed by atoms with van der Waals surface area (Å²) in [5, 5.41) is 63.1. The highest BCUT2D eigenvalue weighted by Crippen LogP contribution is 2.40. The second kappa shape index (κ2) is 69.2. The van der Waals surface area contributed by atoms with Crippen LogP contribution in [0.2, 0.25) is 0 Å². The number of phenolic OH excluding ortho intramolecular Hbond substituents is 1. The summed E-state index contributed by atoms with van der Waals surface area (Å²) in [5.41, 5.74) is 34.6. The summed E-state index contributed by atoms with van der Waals surface area (Å²) in [6.45, 7) is 5.82. The van der Waals surface area contributed by atoms with E-state index in [4.69, 9.17) is 34.4 Å². The Bertz CT molecular complexity index is 3900. The highest BCUT2D eigenvalue weighted by molar-refractivity contribution is 8.00. The zero-order chi connectivity index (χ0) is 100. The molecule has 0 spiro atoms. The minimum Gasteiger partial charge on any atom is -0.508 e. The number of Topliss-reactive ketones (excluding diaryl/α,β-unsaturated/α-hetero) is 6. The van der Waals surface area contributed by atoms with Gasteiger partial charge in [0.25, 0.3) is 0 Å². The molecule has 1 aromatic rings. The molecule has 1 aromatic carbocycles. The van der Waals surface area contributed by atoms with Crippen LogP contribution in [0.25, 0.3) is 0 Å². The first kappa shape index (κ1) is 121. The van der Waals surface area contributed by atoms with Gasteiger partial charge in [0, 0.05) is 99.3 Å². The monoisotopic (exact) mass is 1960 g/mol. The van der Waals surface area contributed by atoms with E-state index in [9.17, 15) is 102 Å². The largest absolute Gasteiger partial charge is 0.508 e. The minimum atomic E-state index is -1.70. The standard InChI is InChI=1S/C96H161N15O21S3/c1-7-8-9-10-11-12-13-14-15-16-17-18-19-20-29-72(105-85(122)33-22-21-32-83-88-68(59-135-83)54-86(123)111-88)78(116)51-64(40-45-133-5)90(127)104-57-70(115)49-66(48-62-34-36-69(114)37-35-62)93(130)108-75(38-39-84(99)121)79(117)50-63(28-23-25-42-97)91(128)106-73(30-24-26-43-98)80(118)52-65(47-60(2)3)92(129)107-74(31-27-44-103-96(101)102)81(119)53-67(58-112)94(131)109-76(41-46-134-6)82(120)55-71(61(4)113)95(132)110-77(89(100)126)56-87(124)125/h34-37,60-61,63-68,71-77,83,88,112-114H,7-33,38-59,97-98H2,1-6H3,(H2,99,121)(H2,100,126)(H,104,127)(H,105,122)(H,106,128)(H,107,129)(H,108,130)(H,109,131)(H,110,132)(H,111,123)(H,124,125)(H4,101,102,103)/t61-,63-,64-,65-,66-,67+,68+,71+,72?,73+,74+,75+,76+,77+,83+,88+/m1/s1. The van der Waals surface area contributed by atoms with E-state index in [-0.39, 0.29) is 143 Å². The number of aromatic hydroxyl groups is 1. The Morgan fingerprint density at radius 2 is 0.970 bits per heavy atom. The fourth-order valence-corrected chi connectivity index (χ4v) is 19.7. The van der Waals surface area contributed by atoms with Gasteiger partial charge in [0.1, 0.15) is 11.8 Å². The number of phenols is 1. The van der Waals surface area contributed by atoms with E-state index in [1.807, 2.05) is 18.0 Å². The number of rotatable bonds is 81. The number of carbonyl (C=O) groups excluding carboxylic acids is 16. The predicted molar refractivity (Wildman–Crippen MR) is 525 cm³/mol. The molecule has 135 heavy (non-hydrogen) atoms. The number of amides is 10. The zero-order valence-corrected chi connectivity index (χ0v) is 83.1. The fourth-order valence-electron chi connectivity index (χ4n) is 17.0. The molecule has 39 heteroatoms. The third-order valence-corrected chi connectivity index (χ3v) is 27.8. The van der Waals surface area contributed by atoms with E-state index in [0.717, 1.165) is 44.3 Å². The SMILES string of the molecule is CCCCCCCCCCCCCCCCC(NC(=O)CCCC[C@@H]1SC[C@@H]2CC(=O)N[C@@H]21)C(=O)C[C@@H](CCSC)C(=O)NCC(=O)C[C@@H](Cc1ccc(O)cc1)C(=O)N[C@@H](CCC(N)=O)C(=O)C[C@@H](CCCCN)C(=O)N[C@@H](CCCCN)C(=O)C[C@@H](CC(C)C)C(=O)N[C@@H](CCCN=C(N)N)C(=O)C[C@@H](CO)C(=O)N[C@@H](CCSC)C(=O)C[C@H](C(=O)N[C@@H](CC(=O)O)C(N)=O)[C@@H](C)O. The molecule has 0 saturated carbocycles. The summed E-state index contributed by atoms with van der Waals surface area (Å²) >= 11 is 4.62. The number of aliphatic carboxylic acids is 1. The van der Waals surface area contributed by atoms with Crippen LogP contribution in [0.3, 0.4) is 0 Å². The van der Waals surface area contributed by atoms with E-state index >= 15 is 0 Å². The molecular weight excluding hydrogens is 1800 g/mol. The van der Waals surface area contributed by atoms with Gasteiger partial charge in [-0.3, -0.25) is 86.5 Å². The van der Waals surface area contributed by atoms with Crippen LogP contribution in [-0.4, -0.2) is 242 Å². The van der Waals surface area contributed by atoms with Gasteiger partial charge in [-0.15, -0.1) is 0 Å². The molecular formula is C96H161N15O21S3. The summed E-state index contributed by atoms with van der Waals surface area (Å²) < 4.78 is 0. The number of carboxylic acids is 1. The number of primary amides is 2. The van der Waals surface area contributed by atoms with Gasteiger partial charge in [0.15, 0.2) is 40.7 Å². The van der Waals surface area contributed by atoms with Crippen molar-refractivity contribution in [3.63, 3.8) is 0 Å². The highest BCUT2D eigenvalue weighted by atomic mass is 32.2. The molecule has 2 fully saturated rings. The first-order chi connectivity index (χ1) is 64.4. The van der Waals surface area contributed by atoms with Crippen molar-refractivity contribution in [1.29, 1.82) is 0 Å². The lowest BCUT2D eigenvalue weighted by Crippen LogP contribution is -2.51. The summed E-state index contributed by atoms with van der Waals surface area (Å²) in [5.74, 6) is -18.7. The molecule has 24 N–H and O–H groups in total. The maximum absolute atomic E-state index is 15.0. The molecule has 2 aliphatic rings. The first-order valence-corrected chi connectivity index (χ1v) is 52.7. The van der Waals surface area contributed by atoms with Gasteiger partial charge >= 0.3 is 5.97 Å². The van der Waals surface area contributed by atoms with Crippen LogP contribution in [0.5, 0.6) is 5.75 Å². The van der Waals surface area contributed by atoms with Gasteiger partial charge < -0.3 is 97.4 Å². The Morgan fingerprint density at radius 1 is 0.504 bits per heavy atom. The number of benzene rings is 1. The van der Waals surface area contributed by atoms with Gasteiger partial charge in [0.2, 0.25) is 59.1 Å². The van der Waals surface area contributed by atoms with Crippen molar-refractivity contribution in [3.8, 4) is 5.75 Å². The van der Waals surface area contributed by atoms with Crippen molar-refractivity contribution in [2.75, 3.05) is 62.6 Å². The van der Waals surface area contributed by atoms with Gasteiger partial charge in [-0.25, -0.2) is 0 Å². The van der Waals surface area contributed by atoms with Gasteiger partial charge in [-0.2, -0.15) is 35.3 Å². The third-order valence-electron chi connectivity index (χ3n) is 25.0. The minimum absolute atomic E-state index is 0.0122. The number of ketones is 6. The number of nitrogens with zero attached hydrogens (tertiary/aromatic N) is 1. The zero-order valence-electron chi connectivity index (χ0n) is 80.6. The Labute approximate surface area is 810 Å². The molecule has 2 saturated heterocycles. The van der Waals surface area contributed by atoms with Crippen LogP contribution in [0.1, 0.15) is 290 Å². The van der Waals surface area contributed by atoms with Crippen molar-refractivity contribution < 1.29 is 102 Å². The second-order valence-electron chi connectivity index (χ2n) is 36.9. The smallest absolute Gasteiger partial charge is 0.305 e. The van der Waals surface area contributed by atoms with E-state index in [2.05, 4.69) is 54.5 Å². The Kier molecular flexibility index (Phi) is 61.8. The first-order valence-electron chi connectivity index (χ1n) is 48.8. The van der Waals surface area contributed by atoms with Crippen LogP contribution in [-0.2, 0) is 87.9 Å². The number of carboxylic acid groups (broad SMARTS) is 1. The summed E-state index contributed by atoms with van der Waals surface area (Å²) in [6, 6.07) is -2.12. The van der Waals surface area contributed by atoms with Crippen molar-refractivity contribution in [2.45, 2.75) is 345 Å². The number of aliphatic imine (C=N–C) groups is 1. The van der Waals surface area contributed by atoms with Crippen molar-refractivity contribution in [2.24, 2.45) is 86.7 Å². The van der Waals surface area contributed by atoms with Gasteiger partial charge in [-0.05, 0) is 176 Å². The van der Waals surface area contributed by atoms with Gasteiger partial charge in [0.05, 0.1) is 67.7 Å². The molecule has 16 atom stereocenters. The van der Waals surface area contributed by atoms with Crippen LogP contribution < -0.4 is 76.9 Å². The van der Waals surface area contributed by atoms with Crippen LogP contribution in [0.15, 0.2) is 29.3 Å². The molecule has 2 aliphatic heterocycles. The molecule has 10 amide bonds. The summed E-state index contributed by atoms with van der Waals surface area (Å²) in [4.78, 5) is 240. The van der Waals surface area contributed by atoms with E-state index < -0.39 is 218 Å². The van der Waals surface area contributed by atoms with Crippen molar-refractivity contribution >= 4 is 141 Å². The van der Waals surface area contributed by atoms with Crippen molar-refractivity contribution in [3.05, 3.63) is 29.8 Å². The van der Waals surface area contributed by atoms with Crippen molar-refractivity contribution in [1.82, 2.24) is 42.5 Å². The maximum Gasteiger partial charge on any atom is 0.305 e. The Hall–Kier alpha value is -8.63. The lowest BCUT2D eigenvalue weighted by Gasteiger charge is -2.27. The quantitative estimate of drug-likeness (QED) is 0.0204. The van der Waals surface area contributed by atoms with Gasteiger partial charge in [-0.1, -0.05) is 136 Å². The number of hydrogen-bond donors (Lipinski definition) is 18. The number of carbonyl (C=O) groups is 17. The number of nitrogens with two attached hydrogens (primary N) is 6. The molecule has 0 aromatic heterocycles. The number of nitrogens with one attached hydrogen (secondary N) is 8. The average molecular weight is 1960 g/mol. The topological polar surface area (TPSA) is 636 Å². The van der Waals surface area contributed by atoms with E-state index in [0.29, 0.717) is 68.6 Å². The number of aliphatic hydroxyl groups is 2. The predicted octanol–water partition coefficient (Wildman–Crippen LogP) is 5.93. The third kappa shape index (κ3) is 50.5. The summed E-state index contributed by atoms with van der Waals surface area (Å²) in [6.07, 6.45) is 18.0. The maximum atomic E-state index is 15.0. The summed E-state index contributed by atoms with van der Waals surface area (Å²) in [7, 11) is 0. The number of unbranched alkanes of at least 4 members (excludes halogenated alkanes) is 16. The Morgan fingerprint density at radius 3 is 1.49 bits per heavy atom. The molecule has 2 heterocycles. The number of hydrogen-bond acceptors (Lipinski definition) is 26. The molecule has 3 rings (SSSR count). The molecule has 0 bridgehead atoms. The molecule has 1 unspecified atom stereocenters. The fraction of sp³-hybridized carbons (Fsp3) is 0.750. The molecule has 36 nitrogen and oxygen atoms in total. The average Bonchev–Trinajstić information content (AvgIpc) is 1.68. The lowest BCUT2D eigenvalue weighted by atomic mass is 9.87.